The summed E-state index contributed by atoms with van der Waals surface area (Å²) in [4.78, 5) is 32.9. The van der Waals surface area contributed by atoms with Crippen molar-refractivity contribution < 1.29 is 19.5 Å². The fraction of sp³-hybridized carbons (Fsp3) is 0.400. The number of nitrogens with one attached hydrogen (secondary N) is 1. The lowest BCUT2D eigenvalue weighted by atomic mass is 10.3. The summed E-state index contributed by atoms with van der Waals surface area (Å²) in [6.45, 7) is -0.0724. The minimum atomic E-state index is -0.959. The number of hydrogen-bond acceptors (Lipinski definition) is 4. The Morgan fingerprint density at radius 2 is 2.22 bits per heavy atom. The summed E-state index contributed by atoms with van der Waals surface area (Å²) < 4.78 is 1.29. The molecular formula is C10H12N4O4. The summed E-state index contributed by atoms with van der Waals surface area (Å²) in [7, 11) is 0. The standard InChI is InChI=1S/C10H12N4O4/c11-8(15)4-14-3-5(2-12-14)13-9(16)6-1-7(6)10(17)18/h2-3,6-7H,1,4H2,(H2,11,15)(H,13,16)(H,17,18)/t6-,7+/m1/s1. The Labute approximate surface area is 102 Å². The van der Waals surface area contributed by atoms with Gasteiger partial charge in [0.25, 0.3) is 0 Å². The molecule has 0 bridgehead atoms. The molecule has 1 aliphatic carbocycles. The van der Waals surface area contributed by atoms with Gasteiger partial charge in [-0.15, -0.1) is 0 Å². The van der Waals surface area contributed by atoms with Crippen molar-refractivity contribution in [3.05, 3.63) is 12.4 Å². The third-order valence-corrected chi connectivity index (χ3v) is 2.66. The van der Waals surface area contributed by atoms with Crippen LogP contribution in [0.4, 0.5) is 5.69 Å². The van der Waals surface area contributed by atoms with Crippen LogP contribution in [-0.2, 0) is 20.9 Å². The number of carbonyl (C=O) groups excluding carboxylic acids is 2. The summed E-state index contributed by atoms with van der Waals surface area (Å²) in [6.07, 6.45) is 3.19. The fourth-order valence-corrected chi connectivity index (χ4v) is 1.67. The number of hydrogen-bond donors (Lipinski definition) is 3. The first-order valence-electron chi connectivity index (χ1n) is 5.32. The lowest BCUT2D eigenvalue weighted by molar-refractivity contribution is -0.139. The number of nitrogens with zero attached hydrogens (tertiary/aromatic N) is 2. The molecule has 96 valence electrons. The highest BCUT2D eigenvalue weighted by molar-refractivity contribution is 5.98. The number of aliphatic carboxylic acids is 1. The lowest BCUT2D eigenvalue weighted by Gasteiger charge is -2.00. The monoisotopic (exact) mass is 252 g/mol. The van der Waals surface area contributed by atoms with Crippen molar-refractivity contribution in [3.63, 3.8) is 0 Å². The van der Waals surface area contributed by atoms with Gasteiger partial charge in [-0.3, -0.25) is 19.1 Å². The lowest BCUT2D eigenvalue weighted by Crippen LogP contribution is -2.19. The number of carbonyl (C=O) groups is 3. The number of primary amides is 1. The van der Waals surface area contributed by atoms with Gasteiger partial charge in [-0.2, -0.15) is 5.10 Å². The van der Waals surface area contributed by atoms with E-state index >= 15 is 0 Å². The van der Waals surface area contributed by atoms with Crippen LogP contribution in [0, 0.1) is 11.8 Å². The number of anilines is 1. The average molecular weight is 252 g/mol. The molecular weight excluding hydrogens is 240 g/mol. The molecule has 8 heteroatoms. The summed E-state index contributed by atoms with van der Waals surface area (Å²) in [5.74, 6) is -2.92. The molecule has 1 aromatic rings. The van der Waals surface area contributed by atoms with Gasteiger partial charge in [0.05, 0.1) is 23.7 Å². The van der Waals surface area contributed by atoms with E-state index in [1.165, 1.54) is 17.1 Å². The molecule has 2 atom stereocenters. The van der Waals surface area contributed by atoms with Crippen LogP contribution in [0.15, 0.2) is 12.4 Å². The highest BCUT2D eigenvalue weighted by atomic mass is 16.4. The normalized spacial score (nSPS) is 21.3. The molecule has 2 rings (SSSR count). The topological polar surface area (TPSA) is 127 Å². The van der Waals surface area contributed by atoms with Gasteiger partial charge in [0, 0.05) is 6.20 Å². The third-order valence-electron chi connectivity index (χ3n) is 2.66. The van der Waals surface area contributed by atoms with Gasteiger partial charge in [-0.05, 0) is 6.42 Å². The van der Waals surface area contributed by atoms with E-state index in [9.17, 15) is 14.4 Å². The molecule has 0 aromatic carbocycles. The second-order valence-corrected chi connectivity index (χ2v) is 4.17. The molecule has 0 spiro atoms. The zero-order valence-corrected chi connectivity index (χ0v) is 9.37. The van der Waals surface area contributed by atoms with E-state index in [0.717, 1.165) is 0 Å². The number of aromatic nitrogens is 2. The summed E-state index contributed by atoms with van der Waals surface area (Å²) in [6, 6.07) is 0. The molecule has 0 saturated heterocycles. The van der Waals surface area contributed by atoms with Gasteiger partial charge < -0.3 is 16.2 Å². The molecule has 1 aromatic heterocycles. The van der Waals surface area contributed by atoms with E-state index in [1.54, 1.807) is 0 Å². The van der Waals surface area contributed by atoms with E-state index in [-0.39, 0.29) is 12.5 Å². The Morgan fingerprint density at radius 1 is 1.50 bits per heavy atom. The zero-order valence-electron chi connectivity index (χ0n) is 9.37. The first kappa shape index (κ1) is 12.1. The van der Waals surface area contributed by atoms with Crippen molar-refractivity contribution >= 4 is 23.5 Å². The maximum Gasteiger partial charge on any atom is 0.307 e. The average Bonchev–Trinajstić information content (AvgIpc) is 2.96. The van der Waals surface area contributed by atoms with Crippen LogP contribution in [0.1, 0.15) is 6.42 Å². The van der Waals surface area contributed by atoms with Gasteiger partial charge >= 0.3 is 5.97 Å². The number of rotatable bonds is 5. The predicted octanol–water partition coefficient (Wildman–Crippen LogP) is -0.972. The Bertz CT molecular complexity index is 510. The van der Waals surface area contributed by atoms with Crippen molar-refractivity contribution in [2.75, 3.05) is 5.32 Å². The summed E-state index contributed by atoms with van der Waals surface area (Å²) in [5.41, 5.74) is 5.41. The van der Waals surface area contributed by atoms with Crippen molar-refractivity contribution in [1.82, 2.24) is 9.78 Å². The SMILES string of the molecule is NC(=O)Cn1cc(NC(=O)[C@@H]2C[C@@H]2C(=O)O)cn1. The van der Waals surface area contributed by atoms with Crippen molar-refractivity contribution in [1.29, 1.82) is 0 Å². The molecule has 8 nitrogen and oxygen atoms in total. The Morgan fingerprint density at radius 3 is 2.78 bits per heavy atom. The van der Waals surface area contributed by atoms with Crippen LogP contribution in [0.2, 0.25) is 0 Å². The van der Waals surface area contributed by atoms with Crippen LogP contribution in [0.5, 0.6) is 0 Å². The van der Waals surface area contributed by atoms with Gasteiger partial charge in [-0.25, -0.2) is 0 Å². The quantitative estimate of drug-likeness (QED) is 0.621. The van der Waals surface area contributed by atoms with Gasteiger partial charge in [0.1, 0.15) is 6.54 Å². The fourth-order valence-electron chi connectivity index (χ4n) is 1.67. The maximum atomic E-state index is 11.6. The predicted molar refractivity (Wildman–Crippen MR) is 59.3 cm³/mol. The number of carboxylic acids is 1. The second kappa shape index (κ2) is 4.47. The van der Waals surface area contributed by atoms with E-state index in [4.69, 9.17) is 10.8 Å². The second-order valence-electron chi connectivity index (χ2n) is 4.17. The Balaban J connectivity index is 1.90. The first-order valence-corrected chi connectivity index (χ1v) is 5.32. The van der Waals surface area contributed by atoms with Crippen LogP contribution < -0.4 is 11.1 Å². The first-order chi connectivity index (χ1) is 8.47. The van der Waals surface area contributed by atoms with Gasteiger partial charge in [-0.1, -0.05) is 0 Å². The smallest absolute Gasteiger partial charge is 0.307 e. The molecule has 1 fully saturated rings. The number of carboxylic acid groups (broad SMARTS) is 1. The molecule has 0 aliphatic heterocycles. The summed E-state index contributed by atoms with van der Waals surface area (Å²) in [5, 5.41) is 15.1. The molecule has 18 heavy (non-hydrogen) atoms. The van der Waals surface area contributed by atoms with Gasteiger partial charge in [0.2, 0.25) is 11.8 Å². The minimum absolute atomic E-state index is 0.0724. The molecule has 1 saturated carbocycles. The van der Waals surface area contributed by atoms with Crippen molar-refractivity contribution in [2.24, 2.45) is 17.6 Å². The Kier molecular flexibility index (Phi) is 3.00. The molecule has 4 N–H and O–H groups in total. The largest absolute Gasteiger partial charge is 0.481 e. The molecule has 1 heterocycles. The highest BCUT2D eigenvalue weighted by Crippen LogP contribution is 2.39. The molecule has 2 amide bonds. The third kappa shape index (κ3) is 2.65. The summed E-state index contributed by atoms with van der Waals surface area (Å²) >= 11 is 0. The van der Waals surface area contributed by atoms with E-state index < -0.39 is 23.7 Å². The van der Waals surface area contributed by atoms with E-state index in [2.05, 4.69) is 10.4 Å². The van der Waals surface area contributed by atoms with E-state index in [1.807, 2.05) is 0 Å². The molecule has 1 aliphatic rings. The minimum Gasteiger partial charge on any atom is -0.481 e. The van der Waals surface area contributed by atoms with Crippen LogP contribution in [-0.4, -0.2) is 32.7 Å². The zero-order chi connectivity index (χ0) is 13.3. The van der Waals surface area contributed by atoms with E-state index in [0.29, 0.717) is 12.1 Å². The van der Waals surface area contributed by atoms with Crippen LogP contribution >= 0.6 is 0 Å². The number of nitrogens with two attached hydrogens (primary N) is 1. The van der Waals surface area contributed by atoms with Crippen molar-refractivity contribution in [3.8, 4) is 0 Å². The highest BCUT2D eigenvalue weighted by Gasteiger charge is 2.48. The van der Waals surface area contributed by atoms with Crippen LogP contribution in [0.25, 0.3) is 0 Å². The molecule has 0 radical (unpaired) electrons. The Hall–Kier alpha value is -2.38. The molecule has 0 unspecified atom stereocenters. The van der Waals surface area contributed by atoms with Crippen LogP contribution in [0.3, 0.4) is 0 Å². The maximum absolute atomic E-state index is 11.6. The number of amides is 2. The van der Waals surface area contributed by atoms with Gasteiger partial charge in [0.15, 0.2) is 0 Å². The van der Waals surface area contributed by atoms with Crippen molar-refractivity contribution in [2.45, 2.75) is 13.0 Å².